The lowest BCUT2D eigenvalue weighted by Gasteiger charge is -2.01. The van der Waals surface area contributed by atoms with Gasteiger partial charge in [0.1, 0.15) is 0 Å². The summed E-state index contributed by atoms with van der Waals surface area (Å²) in [6.45, 7) is 4.74. The van der Waals surface area contributed by atoms with Crippen molar-refractivity contribution in [2.75, 3.05) is 26.8 Å². The van der Waals surface area contributed by atoms with Gasteiger partial charge in [-0.1, -0.05) is 30.3 Å². The molecule has 19 heavy (non-hydrogen) atoms. The Morgan fingerprint density at radius 3 is 2.74 bits per heavy atom. The van der Waals surface area contributed by atoms with E-state index in [2.05, 4.69) is 36.5 Å². The Labute approximate surface area is 118 Å². The van der Waals surface area contributed by atoms with Crippen LogP contribution in [0, 0.1) is 6.92 Å². The first-order valence-electron chi connectivity index (χ1n) is 6.52. The molecule has 0 radical (unpaired) electrons. The van der Waals surface area contributed by atoms with E-state index in [1.54, 1.807) is 18.4 Å². The quantitative estimate of drug-likeness (QED) is 0.790. The Bertz CT molecular complexity index is 496. The number of aryl methyl sites for hydroxylation is 1. The fourth-order valence-electron chi connectivity index (χ4n) is 1.92. The molecule has 0 aliphatic heterocycles. The third kappa shape index (κ3) is 4.13. The van der Waals surface area contributed by atoms with E-state index in [0.29, 0.717) is 0 Å². The van der Waals surface area contributed by atoms with E-state index >= 15 is 0 Å². The number of aromatic nitrogens is 1. The van der Waals surface area contributed by atoms with Gasteiger partial charge in [-0.15, -0.1) is 11.3 Å². The minimum absolute atomic E-state index is 0.756. The summed E-state index contributed by atoms with van der Waals surface area (Å²) >= 11 is 1.79. The molecule has 2 aromatic rings. The van der Waals surface area contributed by atoms with Crippen LogP contribution < -0.4 is 5.32 Å². The highest BCUT2D eigenvalue weighted by Gasteiger charge is 2.08. The zero-order chi connectivity index (χ0) is 13.5. The van der Waals surface area contributed by atoms with Gasteiger partial charge in [0.15, 0.2) is 0 Å². The summed E-state index contributed by atoms with van der Waals surface area (Å²) in [5, 5.41) is 4.54. The number of ether oxygens (including phenoxy) is 1. The predicted molar refractivity (Wildman–Crippen MR) is 80.7 cm³/mol. The maximum Gasteiger partial charge on any atom is 0.0948 e. The zero-order valence-electron chi connectivity index (χ0n) is 11.5. The van der Waals surface area contributed by atoms with Gasteiger partial charge in [0, 0.05) is 37.1 Å². The highest BCUT2D eigenvalue weighted by atomic mass is 32.1. The molecule has 0 saturated heterocycles. The first-order chi connectivity index (χ1) is 9.31. The molecular formula is C15H20N2OS. The van der Waals surface area contributed by atoms with Crippen molar-refractivity contribution in [3.8, 4) is 11.3 Å². The maximum atomic E-state index is 5.00. The van der Waals surface area contributed by atoms with Crippen LogP contribution in [0.25, 0.3) is 11.3 Å². The van der Waals surface area contributed by atoms with E-state index in [0.717, 1.165) is 31.8 Å². The Balaban J connectivity index is 1.94. The van der Waals surface area contributed by atoms with Gasteiger partial charge in [0.05, 0.1) is 17.3 Å². The van der Waals surface area contributed by atoms with Gasteiger partial charge in [0.25, 0.3) is 0 Å². The van der Waals surface area contributed by atoms with Crippen LogP contribution in [-0.2, 0) is 11.2 Å². The molecule has 2 rings (SSSR count). The second-order valence-electron chi connectivity index (χ2n) is 4.37. The molecule has 0 aliphatic carbocycles. The number of hydrogen-bond donors (Lipinski definition) is 1. The molecule has 0 aliphatic rings. The van der Waals surface area contributed by atoms with E-state index in [-0.39, 0.29) is 0 Å². The number of nitrogens with one attached hydrogen (secondary N) is 1. The van der Waals surface area contributed by atoms with Crippen molar-refractivity contribution in [3.05, 3.63) is 40.2 Å². The normalized spacial score (nSPS) is 10.8. The van der Waals surface area contributed by atoms with Crippen LogP contribution in [0.15, 0.2) is 30.3 Å². The maximum absolute atomic E-state index is 5.00. The van der Waals surface area contributed by atoms with Gasteiger partial charge >= 0.3 is 0 Å². The van der Waals surface area contributed by atoms with Crippen molar-refractivity contribution in [2.45, 2.75) is 13.3 Å². The zero-order valence-corrected chi connectivity index (χ0v) is 12.3. The Kier molecular flexibility index (Phi) is 5.51. The molecule has 102 valence electrons. The predicted octanol–water partition coefficient (Wildman–Crippen LogP) is 2.90. The molecule has 4 heteroatoms. The third-order valence-electron chi connectivity index (χ3n) is 2.89. The van der Waals surface area contributed by atoms with E-state index in [1.807, 2.05) is 6.07 Å². The van der Waals surface area contributed by atoms with Gasteiger partial charge in [0.2, 0.25) is 0 Å². The number of hydrogen-bond acceptors (Lipinski definition) is 4. The van der Waals surface area contributed by atoms with E-state index in [4.69, 9.17) is 9.72 Å². The summed E-state index contributed by atoms with van der Waals surface area (Å²) in [7, 11) is 1.72. The molecule has 1 aromatic carbocycles. The molecule has 1 aromatic heterocycles. The van der Waals surface area contributed by atoms with Gasteiger partial charge in [-0.2, -0.15) is 0 Å². The molecule has 0 amide bonds. The fraction of sp³-hybridized carbons (Fsp3) is 0.400. The third-order valence-corrected chi connectivity index (χ3v) is 3.92. The minimum Gasteiger partial charge on any atom is -0.383 e. The molecule has 0 saturated carbocycles. The molecular weight excluding hydrogens is 256 g/mol. The highest BCUT2D eigenvalue weighted by molar-refractivity contribution is 7.12. The molecule has 1 N–H and O–H groups in total. The standard InChI is InChI=1S/C15H20N2OS/c1-12-15(13-6-4-3-5-7-13)17-14(19-12)8-9-16-10-11-18-2/h3-7,16H,8-11H2,1-2H3. The Hall–Kier alpha value is -1.23. The van der Waals surface area contributed by atoms with Gasteiger partial charge < -0.3 is 10.1 Å². The Morgan fingerprint density at radius 2 is 2.00 bits per heavy atom. The van der Waals surface area contributed by atoms with Gasteiger partial charge in [-0.25, -0.2) is 4.98 Å². The lowest BCUT2D eigenvalue weighted by molar-refractivity contribution is 0.199. The first kappa shape index (κ1) is 14.2. The van der Waals surface area contributed by atoms with Crippen LogP contribution in [0.4, 0.5) is 0 Å². The fourth-order valence-corrected chi connectivity index (χ4v) is 2.87. The van der Waals surface area contributed by atoms with Crippen molar-refractivity contribution in [1.29, 1.82) is 0 Å². The smallest absolute Gasteiger partial charge is 0.0948 e. The minimum atomic E-state index is 0.756. The number of rotatable bonds is 7. The Morgan fingerprint density at radius 1 is 1.21 bits per heavy atom. The van der Waals surface area contributed by atoms with Crippen molar-refractivity contribution in [2.24, 2.45) is 0 Å². The molecule has 0 atom stereocenters. The lowest BCUT2D eigenvalue weighted by Crippen LogP contribution is -2.21. The van der Waals surface area contributed by atoms with Crippen LogP contribution in [0.2, 0.25) is 0 Å². The van der Waals surface area contributed by atoms with Crippen LogP contribution >= 0.6 is 11.3 Å². The number of nitrogens with zero attached hydrogens (tertiary/aromatic N) is 1. The van der Waals surface area contributed by atoms with Crippen LogP contribution in [-0.4, -0.2) is 31.8 Å². The number of benzene rings is 1. The van der Waals surface area contributed by atoms with Crippen molar-refractivity contribution in [1.82, 2.24) is 10.3 Å². The number of thiazole rings is 1. The van der Waals surface area contributed by atoms with Crippen molar-refractivity contribution in [3.63, 3.8) is 0 Å². The summed E-state index contributed by atoms with van der Waals surface area (Å²) in [5.41, 5.74) is 2.33. The molecule has 0 spiro atoms. The average molecular weight is 276 g/mol. The van der Waals surface area contributed by atoms with Crippen LogP contribution in [0.5, 0.6) is 0 Å². The first-order valence-corrected chi connectivity index (χ1v) is 7.34. The summed E-state index contributed by atoms with van der Waals surface area (Å²) in [6.07, 6.45) is 0.974. The molecule has 0 unspecified atom stereocenters. The summed E-state index contributed by atoms with van der Waals surface area (Å²) in [6, 6.07) is 10.4. The van der Waals surface area contributed by atoms with E-state index in [9.17, 15) is 0 Å². The monoisotopic (exact) mass is 276 g/mol. The average Bonchev–Trinajstić information content (AvgIpc) is 2.81. The summed E-state index contributed by atoms with van der Waals surface area (Å²) in [4.78, 5) is 6.03. The second-order valence-corrected chi connectivity index (χ2v) is 5.66. The molecule has 3 nitrogen and oxygen atoms in total. The molecule has 1 heterocycles. The van der Waals surface area contributed by atoms with Gasteiger partial charge in [-0.3, -0.25) is 0 Å². The topological polar surface area (TPSA) is 34.1 Å². The van der Waals surface area contributed by atoms with Crippen LogP contribution in [0.3, 0.4) is 0 Å². The molecule has 0 bridgehead atoms. The lowest BCUT2D eigenvalue weighted by atomic mass is 10.1. The summed E-state index contributed by atoms with van der Waals surface area (Å²) in [5.74, 6) is 0. The van der Waals surface area contributed by atoms with E-state index in [1.165, 1.54) is 15.4 Å². The largest absolute Gasteiger partial charge is 0.383 e. The van der Waals surface area contributed by atoms with Crippen molar-refractivity contribution >= 4 is 11.3 Å². The highest BCUT2D eigenvalue weighted by Crippen LogP contribution is 2.27. The second kappa shape index (κ2) is 7.38. The molecule has 0 fully saturated rings. The SMILES string of the molecule is COCCNCCc1nc(-c2ccccc2)c(C)s1. The van der Waals surface area contributed by atoms with Crippen LogP contribution in [0.1, 0.15) is 9.88 Å². The van der Waals surface area contributed by atoms with Crippen molar-refractivity contribution < 1.29 is 4.74 Å². The number of methoxy groups -OCH3 is 1. The summed E-state index contributed by atoms with van der Waals surface area (Å²) < 4.78 is 5.00. The van der Waals surface area contributed by atoms with Gasteiger partial charge in [-0.05, 0) is 6.92 Å². The van der Waals surface area contributed by atoms with E-state index < -0.39 is 0 Å².